The number of hydrogen-bond donors (Lipinski definition) is 1. The molecule has 0 saturated heterocycles. The lowest BCUT2D eigenvalue weighted by molar-refractivity contribution is -0.137. The van der Waals surface area contributed by atoms with Crippen LogP contribution in [0, 0.1) is 6.92 Å². The quantitative estimate of drug-likeness (QED) is 0.846. The van der Waals surface area contributed by atoms with Gasteiger partial charge in [-0.2, -0.15) is 5.10 Å². The van der Waals surface area contributed by atoms with E-state index in [1.807, 2.05) is 30.5 Å². The van der Waals surface area contributed by atoms with Crippen molar-refractivity contribution < 1.29 is 9.90 Å². The minimum atomic E-state index is -0.789. The van der Waals surface area contributed by atoms with Gasteiger partial charge in [0.2, 0.25) is 0 Å². The molecule has 0 unspecified atom stereocenters. The van der Waals surface area contributed by atoms with Crippen molar-refractivity contribution in [3.8, 4) is 0 Å². The molecule has 17 heavy (non-hydrogen) atoms. The van der Waals surface area contributed by atoms with Gasteiger partial charge in [0.05, 0.1) is 22.8 Å². The van der Waals surface area contributed by atoms with E-state index in [9.17, 15) is 4.79 Å². The molecule has 0 aliphatic carbocycles. The van der Waals surface area contributed by atoms with E-state index < -0.39 is 5.97 Å². The molecule has 5 nitrogen and oxygen atoms in total. The van der Waals surface area contributed by atoms with Crippen LogP contribution in [0.5, 0.6) is 0 Å². The molecule has 0 aliphatic rings. The Balaban J connectivity index is 2.70. The third-order valence-electron chi connectivity index (χ3n) is 2.58. The van der Waals surface area contributed by atoms with Crippen LogP contribution in [0.3, 0.4) is 0 Å². The van der Waals surface area contributed by atoms with Crippen LogP contribution in [-0.4, -0.2) is 39.3 Å². The first-order valence-electron chi connectivity index (χ1n) is 5.57. The number of rotatable bonds is 6. The Morgan fingerprint density at radius 3 is 2.76 bits per heavy atom. The van der Waals surface area contributed by atoms with E-state index >= 15 is 0 Å². The summed E-state index contributed by atoms with van der Waals surface area (Å²) in [6.45, 7) is 5.74. The second kappa shape index (κ2) is 6.02. The molecular weight excluding hydrogens is 242 g/mol. The minimum absolute atomic E-state index is 0.132. The highest BCUT2D eigenvalue weighted by atomic mass is 35.5. The second-order valence-corrected chi connectivity index (χ2v) is 4.42. The lowest BCUT2D eigenvalue weighted by Gasteiger charge is -2.16. The lowest BCUT2D eigenvalue weighted by atomic mass is 10.3. The molecule has 0 bridgehead atoms. The summed E-state index contributed by atoms with van der Waals surface area (Å²) in [5, 5.41) is 13.6. The SMILES string of the molecule is CCn1nc(C)c(Cl)c1CN(C)CCC(=O)O. The summed E-state index contributed by atoms with van der Waals surface area (Å²) in [4.78, 5) is 12.4. The molecule has 6 heteroatoms. The van der Waals surface area contributed by atoms with Crippen LogP contribution >= 0.6 is 11.6 Å². The van der Waals surface area contributed by atoms with Crippen molar-refractivity contribution in [2.45, 2.75) is 33.4 Å². The van der Waals surface area contributed by atoms with E-state index in [1.165, 1.54) is 0 Å². The average molecular weight is 260 g/mol. The Labute approximate surface area is 106 Å². The summed E-state index contributed by atoms with van der Waals surface area (Å²) in [5.74, 6) is -0.789. The molecule has 0 fully saturated rings. The zero-order valence-electron chi connectivity index (χ0n) is 10.4. The summed E-state index contributed by atoms with van der Waals surface area (Å²) < 4.78 is 1.86. The molecule has 0 spiro atoms. The average Bonchev–Trinajstić information content (AvgIpc) is 2.54. The highest BCUT2D eigenvalue weighted by molar-refractivity contribution is 6.31. The third kappa shape index (κ3) is 3.71. The minimum Gasteiger partial charge on any atom is -0.481 e. The van der Waals surface area contributed by atoms with Gasteiger partial charge in [0, 0.05) is 19.6 Å². The van der Waals surface area contributed by atoms with Crippen LogP contribution < -0.4 is 0 Å². The van der Waals surface area contributed by atoms with Gasteiger partial charge in [0.15, 0.2) is 0 Å². The Kier molecular flexibility index (Phi) is 4.96. The molecular formula is C11H18ClN3O2. The van der Waals surface area contributed by atoms with Gasteiger partial charge < -0.3 is 5.11 Å². The van der Waals surface area contributed by atoms with Crippen molar-refractivity contribution >= 4 is 17.6 Å². The van der Waals surface area contributed by atoms with Gasteiger partial charge in [-0.1, -0.05) is 11.6 Å². The van der Waals surface area contributed by atoms with Gasteiger partial charge in [-0.3, -0.25) is 14.4 Å². The molecule has 0 aromatic carbocycles. The number of carbonyl (C=O) groups is 1. The fraction of sp³-hybridized carbons (Fsp3) is 0.636. The number of nitrogens with zero attached hydrogens (tertiary/aromatic N) is 3. The summed E-state index contributed by atoms with van der Waals surface area (Å²) in [7, 11) is 1.88. The predicted molar refractivity (Wildman–Crippen MR) is 66.2 cm³/mol. The molecule has 0 aliphatic heterocycles. The Morgan fingerprint density at radius 1 is 1.59 bits per heavy atom. The van der Waals surface area contributed by atoms with E-state index in [-0.39, 0.29) is 6.42 Å². The smallest absolute Gasteiger partial charge is 0.304 e. The van der Waals surface area contributed by atoms with Crippen molar-refractivity contribution in [2.75, 3.05) is 13.6 Å². The zero-order chi connectivity index (χ0) is 13.0. The fourth-order valence-corrected chi connectivity index (χ4v) is 1.84. The molecule has 1 heterocycles. The molecule has 0 atom stereocenters. The first kappa shape index (κ1) is 14.0. The van der Waals surface area contributed by atoms with E-state index in [2.05, 4.69) is 5.10 Å². The number of halogens is 1. The van der Waals surface area contributed by atoms with Crippen LogP contribution in [0.25, 0.3) is 0 Å². The maximum atomic E-state index is 10.5. The molecule has 1 rings (SSSR count). The van der Waals surface area contributed by atoms with Crippen LogP contribution in [0.4, 0.5) is 0 Å². The van der Waals surface area contributed by atoms with Crippen LogP contribution in [0.1, 0.15) is 24.7 Å². The first-order chi connectivity index (χ1) is 7.95. The molecule has 1 N–H and O–H groups in total. The van der Waals surface area contributed by atoms with Crippen molar-refractivity contribution in [1.29, 1.82) is 0 Å². The third-order valence-corrected chi connectivity index (χ3v) is 3.07. The first-order valence-corrected chi connectivity index (χ1v) is 5.95. The normalized spacial score (nSPS) is 11.1. The van der Waals surface area contributed by atoms with Crippen molar-refractivity contribution in [2.24, 2.45) is 0 Å². The maximum absolute atomic E-state index is 10.5. The molecule has 0 radical (unpaired) electrons. The standard InChI is InChI=1S/C11H18ClN3O2/c1-4-15-9(11(12)8(2)13-15)7-14(3)6-5-10(16)17/h4-7H2,1-3H3,(H,16,17). The number of aryl methyl sites for hydroxylation is 2. The highest BCUT2D eigenvalue weighted by Gasteiger charge is 2.14. The summed E-state index contributed by atoms with van der Waals surface area (Å²) >= 11 is 6.17. The van der Waals surface area contributed by atoms with Crippen LogP contribution in [-0.2, 0) is 17.9 Å². The van der Waals surface area contributed by atoms with Gasteiger partial charge in [0.25, 0.3) is 0 Å². The molecule has 1 aromatic heterocycles. The van der Waals surface area contributed by atoms with Gasteiger partial charge in [0.1, 0.15) is 0 Å². The van der Waals surface area contributed by atoms with E-state index in [1.54, 1.807) is 0 Å². The monoisotopic (exact) mass is 259 g/mol. The Bertz CT molecular complexity index is 404. The molecule has 0 amide bonds. The van der Waals surface area contributed by atoms with Gasteiger partial charge in [-0.05, 0) is 20.9 Å². The van der Waals surface area contributed by atoms with Crippen LogP contribution in [0.2, 0.25) is 5.02 Å². The molecule has 1 aromatic rings. The van der Waals surface area contributed by atoms with Gasteiger partial charge in [-0.25, -0.2) is 0 Å². The van der Waals surface area contributed by atoms with E-state index in [4.69, 9.17) is 16.7 Å². The topological polar surface area (TPSA) is 58.4 Å². The van der Waals surface area contributed by atoms with Gasteiger partial charge in [-0.15, -0.1) is 0 Å². The Morgan fingerprint density at radius 2 is 2.24 bits per heavy atom. The number of carboxylic acids is 1. The number of aromatic nitrogens is 2. The van der Waals surface area contributed by atoms with Crippen molar-refractivity contribution in [3.63, 3.8) is 0 Å². The summed E-state index contributed by atoms with van der Waals surface area (Å²) in [5.41, 5.74) is 1.76. The van der Waals surface area contributed by atoms with Crippen molar-refractivity contribution in [1.82, 2.24) is 14.7 Å². The predicted octanol–water partition coefficient (Wildman–Crippen LogP) is 1.77. The summed E-state index contributed by atoms with van der Waals surface area (Å²) in [6.07, 6.45) is 0.132. The number of aliphatic carboxylic acids is 1. The van der Waals surface area contributed by atoms with Crippen molar-refractivity contribution in [3.05, 3.63) is 16.4 Å². The zero-order valence-corrected chi connectivity index (χ0v) is 11.2. The van der Waals surface area contributed by atoms with E-state index in [0.29, 0.717) is 18.1 Å². The maximum Gasteiger partial charge on any atom is 0.304 e. The molecule has 0 saturated carbocycles. The second-order valence-electron chi connectivity index (χ2n) is 4.04. The Hall–Kier alpha value is -1.07. The fourth-order valence-electron chi connectivity index (χ4n) is 1.64. The van der Waals surface area contributed by atoms with E-state index in [0.717, 1.165) is 17.9 Å². The largest absolute Gasteiger partial charge is 0.481 e. The molecule has 96 valence electrons. The lowest BCUT2D eigenvalue weighted by Crippen LogP contribution is -2.23. The highest BCUT2D eigenvalue weighted by Crippen LogP contribution is 2.21. The van der Waals surface area contributed by atoms with Gasteiger partial charge >= 0.3 is 5.97 Å². The van der Waals surface area contributed by atoms with Crippen LogP contribution in [0.15, 0.2) is 0 Å². The number of hydrogen-bond acceptors (Lipinski definition) is 3. The summed E-state index contributed by atoms with van der Waals surface area (Å²) in [6, 6.07) is 0. The number of carboxylic acid groups (broad SMARTS) is 1.